The molecule has 0 unspecified atom stereocenters. The maximum absolute atomic E-state index is 10.1. The molecule has 0 aliphatic rings. The van der Waals surface area contributed by atoms with Crippen molar-refractivity contribution in [2.24, 2.45) is 5.73 Å². The fourth-order valence-corrected chi connectivity index (χ4v) is 0.538. The van der Waals surface area contributed by atoms with Gasteiger partial charge in [0.05, 0.1) is 0 Å². The van der Waals surface area contributed by atoms with Crippen molar-refractivity contribution in [3.8, 4) is 0 Å². The van der Waals surface area contributed by atoms with E-state index in [-0.39, 0.29) is 0 Å². The molecule has 0 spiro atoms. The summed E-state index contributed by atoms with van der Waals surface area (Å²) in [7, 11) is 1.50. The molecule has 0 atom stereocenters. The van der Waals surface area contributed by atoms with E-state index >= 15 is 0 Å². The first-order chi connectivity index (χ1) is 4.85. The second-order valence-corrected chi connectivity index (χ2v) is 1.66. The highest BCUT2D eigenvalue weighted by atomic mass is 16.1. The first-order valence-corrected chi connectivity index (χ1v) is 3.57. The lowest BCUT2D eigenvalue weighted by atomic mass is 10.2. The summed E-state index contributed by atoms with van der Waals surface area (Å²) in [5.74, 6) is 0. The highest BCUT2D eigenvalue weighted by Gasteiger charge is 1.84. The second kappa shape index (κ2) is 11.2. The summed E-state index contributed by atoms with van der Waals surface area (Å²) in [5.41, 5.74) is 5.41. The second-order valence-electron chi connectivity index (χ2n) is 1.66. The van der Waals surface area contributed by atoms with Crippen LogP contribution in [0, 0.1) is 0 Å². The van der Waals surface area contributed by atoms with Gasteiger partial charge in [0, 0.05) is 0 Å². The number of aldehydes is 1. The minimum atomic E-state index is 0.858. The predicted octanol–water partition coefficient (Wildman–Crippen LogP) is 1.51. The fraction of sp³-hybridized carbons (Fsp3) is 0.625. The molecule has 0 bridgehead atoms. The predicted molar refractivity (Wildman–Crippen MR) is 44.8 cm³/mol. The minimum Gasteiger partial charge on any atom is -0.333 e. The molecular weight excluding hydrogens is 126 g/mol. The van der Waals surface area contributed by atoms with Crippen molar-refractivity contribution in [2.45, 2.75) is 26.7 Å². The van der Waals surface area contributed by atoms with E-state index in [0.717, 1.165) is 24.7 Å². The third kappa shape index (κ3) is 7.37. The summed E-state index contributed by atoms with van der Waals surface area (Å²) in [5, 5.41) is 0. The first-order valence-electron chi connectivity index (χ1n) is 3.57. The van der Waals surface area contributed by atoms with Crippen molar-refractivity contribution in [1.82, 2.24) is 0 Å². The van der Waals surface area contributed by atoms with Crippen LogP contribution >= 0.6 is 0 Å². The Kier molecular flexibility index (Phi) is 13.5. The molecule has 2 heteroatoms. The van der Waals surface area contributed by atoms with Gasteiger partial charge in [-0.1, -0.05) is 19.9 Å². The summed E-state index contributed by atoms with van der Waals surface area (Å²) in [4.78, 5) is 10.1. The Morgan fingerprint density at radius 3 is 2.00 bits per heavy atom. The van der Waals surface area contributed by atoms with Gasteiger partial charge in [-0.05, 0) is 25.5 Å². The lowest BCUT2D eigenvalue weighted by Gasteiger charge is -1.87. The summed E-state index contributed by atoms with van der Waals surface area (Å²) in [6.45, 7) is 4.01. The number of nitrogens with two attached hydrogens (primary N) is 1. The molecule has 0 rings (SSSR count). The van der Waals surface area contributed by atoms with E-state index in [1.54, 1.807) is 0 Å². The van der Waals surface area contributed by atoms with Crippen LogP contribution in [0.1, 0.15) is 26.7 Å². The molecule has 0 aromatic carbocycles. The van der Waals surface area contributed by atoms with Crippen LogP contribution < -0.4 is 5.73 Å². The molecule has 0 saturated carbocycles. The van der Waals surface area contributed by atoms with Crippen LogP contribution in [0.5, 0.6) is 0 Å². The van der Waals surface area contributed by atoms with Gasteiger partial charge in [-0.15, -0.1) is 0 Å². The standard InChI is InChI=1S/C7H12O.CH5N/c1-3-5-7(4-2)6-8;1-2/h5-6H,3-4H2,1-2H3;2H2,1H3/b7-5+;. The molecule has 0 aromatic heterocycles. The zero-order chi connectivity index (χ0) is 8.41. The van der Waals surface area contributed by atoms with Crippen LogP contribution in [0.25, 0.3) is 0 Å². The van der Waals surface area contributed by atoms with Crippen LogP contribution in [0.3, 0.4) is 0 Å². The van der Waals surface area contributed by atoms with E-state index in [0.29, 0.717) is 0 Å². The Hall–Kier alpha value is -0.630. The third-order valence-electron chi connectivity index (χ3n) is 1.03. The van der Waals surface area contributed by atoms with Crippen LogP contribution in [-0.4, -0.2) is 13.3 Å². The van der Waals surface area contributed by atoms with E-state index in [4.69, 9.17) is 0 Å². The first kappa shape index (κ1) is 12.1. The molecule has 0 aliphatic heterocycles. The van der Waals surface area contributed by atoms with Crippen LogP contribution in [-0.2, 0) is 4.79 Å². The van der Waals surface area contributed by atoms with E-state index in [2.05, 4.69) is 5.73 Å². The van der Waals surface area contributed by atoms with Crippen LogP contribution in [0.2, 0.25) is 0 Å². The third-order valence-corrected chi connectivity index (χ3v) is 1.03. The number of allylic oxidation sites excluding steroid dienone is 2. The molecule has 0 aliphatic carbocycles. The largest absolute Gasteiger partial charge is 0.333 e. The Balaban J connectivity index is 0. The molecule has 2 N–H and O–H groups in total. The lowest BCUT2D eigenvalue weighted by Crippen LogP contribution is -1.79. The number of carbonyl (C=O) groups is 1. The number of hydrogen-bond donors (Lipinski definition) is 1. The summed E-state index contributed by atoms with van der Waals surface area (Å²) in [6, 6.07) is 0. The highest BCUT2D eigenvalue weighted by molar-refractivity contribution is 5.72. The SMILES string of the molecule is CC/C=C(/C=O)CC.CN. The number of hydrogen-bond acceptors (Lipinski definition) is 2. The topological polar surface area (TPSA) is 43.1 Å². The smallest absolute Gasteiger partial charge is 0.145 e. The van der Waals surface area contributed by atoms with Gasteiger partial charge in [0.2, 0.25) is 0 Å². The Morgan fingerprint density at radius 1 is 1.40 bits per heavy atom. The van der Waals surface area contributed by atoms with Gasteiger partial charge in [0.25, 0.3) is 0 Å². The molecule has 60 valence electrons. The molecule has 0 heterocycles. The highest BCUT2D eigenvalue weighted by Crippen LogP contribution is 1.96. The molecule has 0 aromatic rings. The van der Waals surface area contributed by atoms with E-state index in [1.165, 1.54) is 7.05 Å². The van der Waals surface area contributed by atoms with Gasteiger partial charge in [-0.25, -0.2) is 0 Å². The van der Waals surface area contributed by atoms with E-state index < -0.39 is 0 Å². The Bertz CT molecular complexity index is 97.4. The van der Waals surface area contributed by atoms with Crippen molar-refractivity contribution in [2.75, 3.05) is 7.05 Å². The molecule has 0 fully saturated rings. The monoisotopic (exact) mass is 143 g/mol. The average molecular weight is 143 g/mol. The maximum atomic E-state index is 10.1. The van der Waals surface area contributed by atoms with E-state index in [9.17, 15) is 4.79 Å². The van der Waals surface area contributed by atoms with Gasteiger partial charge in [0.1, 0.15) is 6.29 Å². The molecule has 10 heavy (non-hydrogen) atoms. The van der Waals surface area contributed by atoms with Gasteiger partial charge in [0.15, 0.2) is 0 Å². The zero-order valence-corrected chi connectivity index (χ0v) is 7.05. The van der Waals surface area contributed by atoms with Crippen LogP contribution in [0.4, 0.5) is 0 Å². The van der Waals surface area contributed by atoms with Crippen molar-refractivity contribution in [3.05, 3.63) is 11.6 Å². The molecule has 0 radical (unpaired) electrons. The summed E-state index contributed by atoms with van der Waals surface area (Å²) in [6.07, 6.45) is 4.69. The minimum absolute atomic E-state index is 0.858. The van der Waals surface area contributed by atoms with Crippen molar-refractivity contribution in [1.29, 1.82) is 0 Å². The number of rotatable bonds is 3. The number of carbonyl (C=O) groups excluding carboxylic acids is 1. The van der Waals surface area contributed by atoms with Gasteiger partial charge in [-0.2, -0.15) is 0 Å². The Labute approximate surface area is 63.1 Å². The fourth-order valence-electron chi connectivity index (χ4n) is 0.538. The maximum Gasteiger partial charge on any atom is 0.145 e. The lowest BCUT2D eigenvalue weighted by molar-refractivity contribution is -0.105. The van der Waals surface area contributed by atoms with Crippen molar-refractivity contribution < 1.29 is 4.79 Å². The van der Waals surface area contributed by atoms with Gasteiger partial charge in [-0.3, -0.25) is 4.79 Å². The van der Waals surface area contributed by atoms with Crippen molar-refractivity contribution in [3.63, 3.8) is 0 Å². The Morgan fingerprint density at radius 2 is 1.90 bits per heavy atom. The quantitative estimate of drug-likeness (QED) is 0.480. The van der Waals surface area contributed by atoms with Gasteiger partial charge < -0.3 is 5.73 Å². The molecule has 0 amide bonds. The molecule has 0 saturated heterocycles. The molecule has 2 nitrogen and oxygen atoms in total. The van der Waals surface area contributed by atoms with Gasteiger partial charge >= 0.3 is 0 Å². The van der Waals surface area contributed by atoms with Crippen LogP contribution in [0.15, 0.2) is 11.6 Å². The van der Waals surface area contributed by atoms with E-state index in [1.807, 2.05) is 19.9 Å². The van der Waals surface area contributed by atoms with Crippen molar-refractivity contribution >= 4 is 6.29 Å². The summed E-state index contributed by atoms with van der Waals surface area (Å²) >= 11 is 0. The summed E-state index contributed by atoms with van der Waals surface area (Å²) < 4.78 is 0. The average Bonchev–Trinajstić information content (AvgIpc) is 2.04. The zero-order valence-electron chi connectivity index (χ0n) is 7.05. The molecular formula is C8H17NO. The normalized spacial score (nSPS) is 9.80.